The van der Waals surface area contributed by atoms with Crippen LogP contribution in [0.1, 0.15) is 39.0 Å². The number of hydrogen-bond donors (Lipinski definition) is 1. The Kier molecular flexibility index (Phi) is 6.76. The Morgan fingerprint density at radius 1 is 1.35 bits per heavy atom. The van der Waals surface area contributed by atoms with E-state index in [-0.39, 0.29) is 18.1 Å². The van der Waals surface area contributed by atoms with E-state index in [1.165, 1.54) is 6.42 Å². The van der Waals surface area contributed by atoms with Crippen LogP contribution in [0.2, 0.25) is 0 Å². The SMILES string of the molecule is CCCN(CC1CCCCO1)C(=O)CC1COCCN1. The van der Waals surface area contributed by atoms with Gasteiger partial charge < -0.3 is 19.7 Å². The van der Waals surface area contributed by atoms with E-state index in [9.17, 15) is 4.79 Å². The highest BCUT2D eigenvalue weighted by molar-refractivity contribution is 5.76. The maximum absolute atomic E-state index is 12.4. The Bertz CT molecular complexity index is 287. The summed E-state index contributed by atoms with van der Waals surface area (Å²) in [5, 5.41) is 3.35. The summed E-state index contributed by atoms with van der Waals surface area (Å²) in [6.07, 6.45) is 5.21. The Morgan fingerprint density at radius 2 is 2.25 bits per heavy atom. The van der Waals surface area contributed by atoms with E-state index >= 15 is 0 Å². The van der Waals surface area contributed by atoms with Crippen LogP contribution in [0.5, 0.6) is 0 Å². The minimum atomic E-state index is 0.169. The molecule has 0 bridgehead atoms. The van der Waals surface area contributed by atoms with E-state index in [0.29, 0.717) is 13.0 Å². The topological polar surface area (TPSA) is 50.8 Å². The van der Waals surface area contributed by atoms with Crippen LogP contribution in [0.4, 0.5) is 0 Å². The van der Waals surface area contributed by atoms with E-state index in [4.69, 9.17) is 9.47 Å². The molecule has 5 heteroatoms. The summed E-state index contributed by atoms with van der Waals surface area (Å²) in [6.45, 7) is 6.77. The van der Waals surface area contributed by atoms with Crippen molar-refractivity contribution in [1.82, 2.24) is 10.2 Å². The zero-order valence-corrected chi connectivity index (χ0v) is 12.6. The zero-order valence-electron chi connectivity index (χ0n) is 12.6. The average molecular weight is 284 g/mol. The molecule has 116 valence electrons. The third-order valence-electron chi connectivity index (χ3n) is 3.96. The molecule has 1 amide bonds. The molecule has 0 spiro atoms. The summed E-state index contributed by atoms with van der Waals surface area (Å²) in [7, 11) is 0. The van der Waals surface area contributed by atoms with Crippen molar-refractivity contribution in [2.45, 2.75) is 51.2 Å². The molecule has 0 saturated carbocycles. The van der Waals surface area contributed by atoms with Gasteiger partial charge in [0.25, 0.3) is 0 Å². The van der Waals surface area contributed by atoms with E-state index in [1.807, 2.05) is 4.90 Å². The van der Waals surface area contributed by atoms with Crippen molar-refractivity contribution in [3.63, 3.8) is 0 Å². The molecule has 0 aromatic rings. The van der Waals surface area contributed by atoms with Gasteiger partial charge in [0.2, 0.25) is 5.91 Å². The Hall–Kier alpha value is -0.650. The van der Waals surface area contributed by atoms with Crippen molar-refractivity contribution in [2.75, 3.05) is 39.5 Å². The molecule has 1 N–H and O–H groups in total. The first-order chi connectivity index (χ1) is 9.79. The largest absolute Gasteiger partial charge is 0.378 e. The average Bonchev–Trinajstić information content (AvgIpc) is 2.49. The number of carbonyl (C=O) groups excluding carboxylic acids is 1. The molecule has 2 heterocycles. The number of nitrogens with one attached hydrogen (secondary N) is 1. The number of morpholine rings is 1. The van der Waals surface area contributed by atoms with Crippen LogP contribution in [0, 0.1) is 0 Å². The number of carbonyl (C=O) groups is 1. The minimum absolute atomic E-state index is 0.169. The minimum Gasteiger partial charge on any atom is -0.378 e. The molecule has 2 aliphatic rings. The van der Waals surface area contributed by atoms with E-state index in [2.05, 4.69) is 12.2 Å². The lowest BCUT2D eigenvalue weighted by atomic mass is 10.1. The second-order valence-electron chi connectivity index (χ2n) is 5.76. The van der Waals surface area contributed by atoms with Crippen molar-refractivity contribution in [3.05, 3.63) is 0 Å². The van der Waals surface area contributed by atoms with Crippen LogP contribution < -0.4 is 5.32 Å². The molecular formula is C15H28N2O3. The number of amides is 1. The summed E-state index contributed by atoms with van der Waals surface area (Å²) < 4.78 is 11.2. The molecule has 0 aromatic carbocycles. The number of rotatable bonds is 6. The van der Waals surface area contributed by atoms with Gasteiger partial charge in [-0.1, -0.05) is 6.92 Å². The van der Waals surface area contributed by atoms with Gasteiger partial charge in [0.05, 0.1) is 19.3 Å². The predicted molar refractivity (Wildman–Crippen MR) is 77.7 cm³/mol. The summed E-state index contributed by atoms with van der Waals surface area (Å²) in [6, 6.07) is 0.169. The Morgan fingerprint density at radius 3 is 2.90 bits per heavy atom. The van der Waals surface area contributed by atoms with Crippen molar-refractivity contribution >= 4 is 5.91 Å². The maximum atomic E-state index is 12.4. The van der Waals surface area contributed by atoms with Crippen LogP contribution >= 0.6 is 0 Å². The van der Waals surface area contributed by atoms with Crippen LogP contribution in [0.25, 0.3) is 0 Å². The molecule has 0 aromatic heterocycles. The number of ether oxygens (including phenoxy) is 2. The lowest BCUT2D eigenvalue weighted by molar-refractivity contribution is -0.135. The van der Waals surface area contributed by atoms with Gasteiger partial charge in [-0.2, -0.15) is 0 Å². The lowest BCUT2D eigenvalue weighted by Gasteiger charge is -2.31. The quantitative estimate of drug-likeness (QED) is 0.795. The Labute approximate surface area is 122 Å². The second-order valence-corrected chi connectivity index (χ2v) is 5.76. The van der Waals surface area contributed by atoms with Gasteiger partial charge in [-0.05, 0) is 25.7 Å². The third-order valence-corrected chi connectivity index (χ3v) is 3.96. The van der Waals surface area contributed by atoms with Gasteiger partial charge in [0, 0.05) is 38.7 Å². The van der Waals surface area contributed by atoms with Crippen LogP contribution in [0.3, 0.4) is 0 Å². The molecule has 20 heavy (non-hydrogen) atoms. The summed E-state index contributed by atoms with van der Waals surface area (Å²) in [5.74, 6) is 0.226. The fraction of sp³-hybridized carbons (Fsp3) is 0.933. The molecular weight excluding hydrogens is 256 g/mol. The molecule has 2 fully saturated rings. The van der Waals surface area contributed by atoms with Crippen molar-refractivity contribution < 1.29 is 14.3 Å². The van der Waals surface area contributed by atoms with Gasteiger partial charge in [-0.15, -0.1) is 0 Å². The summed E-state index contributed by atoms with van der Waals surface area (Å²) in [4.78, 5) is 14.4. The van der Waals surface area contributed by atoms with Crippen LogP contribution in [-0.2, 0) is 14.3 Å². The monoisotopic (exact) mass is 284 g/mol. The molecule has 2 saturated heterocycles. The zero-order chi connectivity index (χ0) is 14.2. The smallest absolute Gasteiger partial charge is 0.224 e. The van der Waals surface area contributed by atoms with Crippen molar-refractivity contribution in [3.8, 4) is 0 Å². The second kappa shape index (κ2) is 8.60. The highest BCUT2D eigenvalue weighted by Crippen LogP contribution is 2.15. The third kappa shape index (κ3) is 5.04. The van der Waals surface area contributed by atoms with E-state index in [0.717, 1.165) is 52.1 Å². The van der Waals surface area contributed by atoms with Gasteiger partial charge in [-0.3, -0.25) is 4.79 Å². The summed E-state index contributed by atoms with van der Waals surface area (Å²) >= 11 is 0. The van der Waals surface area contributed by atoms with E-state index < -0.39 is 0 Å². The molecule has 2 rings (SSSR count). The molecule has 2 aliphatic heterocycles. The fourth-order valence-corrected chi connectivity index (χ4v) is 2.88. The standard InChI is InChI=1S/C15H28N2O3/c1-2-7-17(11-14-5-3-4-8-20-14)15(18)10-13-12-19-9-6-16-13/h13-14,16H,2-12H2,1H3. The molecule has 0 aliphatic carbocycles. The van der Waals surface area contributed by atoms with Crippen LogP contribution in [-0.4, -0.2) is 62.4 Å². The van der Waals surface area contributed by atoms with Crippen LogP contribution in [0.15, 0.2) is 0 Å². The van der Waals surface area contributed by atoms with Gasteiger partial charge in [0.1, 0.15) is 0 Å². The normalized spacial score (nSPS) is 27.2. The molecule has 5 nitrogen and oxygen atoms in total. The van der Waals surface area contributed by atoms with Gasteiger partial charge in [0.15, 0.2) is 0 Å². The van der Waals surface area contributed by atoms with Gasteiger partial charge in [-0.25, -0.2) is 0 Å². The Balaban J connectivity index is 1.80. The van der Waals surface area contributed by atoms with Crippen molar-refractivity contribution in [1.29, 1.82) is 0 Å². The lowest BCUT2D eigenvalue weighted by Crippen LogP contribution is -2.47. The first-order valence-electron chi connectivity index (χ1n) is 8.00. The fourth-order valence-electron chi connectivity index (χ4n) is 2.88. The molecule has 0 radical (unpaired) electrons. The van der Waals surface area contributed by atoms with E-state index in [1.54, 1.807) is 0 Å². The highest BCUT2D eigenvalue weighted by Gasteiger charge is 2.24. The predicted octanol–water partition coefficient (Wildman–Crippen LogP) is 1.17. The molecule has 2 unspecified atom stereocenters. The highest BCUT2D eigenvalue weighted by atomic mass is 16.5. The number of hydrogen-bond acceptors (Lipinski definition) is 4. The van der Waals surface area contributed by atoms with Gasteiger partial charge >= 0.3 is 0 Å². The van der Waals surface area contributed by atoms with Crippen molar-refractivity contribution in [2.24, 2.45) is 0 Å². The first-order valence-corrected chi connectivity index (χ1v) is 8.00. The summed E-state index contributed by atoms with van der Waals surface area (Å²) in [5.41, 5.74) is 0. The molecule has 2 atom stereocenters. The first kappa shape index (κ1) is 15.7. The number of nitrogens with zero attached hydrogens (tertiary/aromatic N) is 1. The maximum Gasteiger partial charge on any atom is 0.224 e.